The van der Waals surface area contributed by atoms with Gasteiger partial charge in [0.25, 0.3) is 0 Å². The molecule has 2 aromatic carbocycles. The molecule has 1 unspecified atom stereocenters. The molecule has 0 bridgehead atoms. The van der Waals surface area contributed by atoms with Gasteiger partial charge in [0.15, 0.2) is 0 Å². The van der Waals surface area contributed by atoms with Crippen molar-refractivity contribution in [2.75, 3.05) is 6.54 Å². The van der Waals surface area contributed by atoms with E-state index in [-0.39, 0.29) is 6.04 Å². The molecular weight excluding hydrogens is 416 g/mol. The van der Waals surface area contributed by atoms with E-state index in [1.165, 1.54) is 4.90 Å². The van der Waals surface area contributed by atoms with E-state index in [1.54, 1.807) is 12.4 Å². The second kappa shape index (κ2) is 9.16. The van der Waals surface area contributed by atoms with Gasteiger partial charge in [-0.15, -0.1) is 0 Å². The number of carboxylic acid groups (broad SMARTS) is 1. The van der Waals surface area contributed by atoms with Crippen LogP contribution < -0.4 is 4.74 Å². The molecular formula is C26H24N4O3. The molecule has 3 heterocycles. The van der Waals surface area contributed by atoms with Crippen LogP contribution in [0, 0.1) is 0 Å². The monoisotopic (exact) mass is 440 g/mol. The summed E-state index contributed by atoms with van der Waals surface area (Å²) in [5.74, 6) is 1.28. The Morgan fingerprint density at radius 1 is 1.03 bits per heavy atom. The number of likely N-dealkylation sites (tertiary alicyclic amines) is 1. The van der Waals surface area contributed by atoms with E-state index in [9.17, 15) is 9.90 Å². The second-order valence-corrected chi connectivity index (χ2v) is 8.05. The lowest BCUT2D eigenvalue weighted by Crippen LogP contribution is -2.29. The molecule has 7 heteroatoms. The number of imidazole rings is 1. The third kappa shape index (κ3) is 4.57. The summed E-state index contributed by atoms with van der Waals surface area (Å²) in [4.78, 5) is 25.0. The van der Waals surface area contributed by atoms with Crippen LogP contribution in [0.15, 0.2) is 79.1 Å². The number of pyridine rings is 1. The normalized spacial score (nSPS) is 15.5. The molecule has 1 saturated heterocycles. The van der Waals surface area contributed by atoms with Gasteiger partial charge in [-0.25, -0.2) is 14.8 Å². The molecule has 2 N–H and O–H groups in total. The molecule has 33 heavy (non-hydrogen) atoms. The Bertz CT molecular complexity index is 1240. The van der Waals surface area contributed by atoms with Crippen LogP contribution >= 0.6 is 0 Å². The number of aromatic nitrogens is 3. The van der Waals surface area contributed by atoms with Gasteiger partial charge in [-0.3, -0.25) is 4.90 Å². The van der Waals surface area contributed by atoms with E-state index in [0.29, 0.717) is 24.9 Å². The Morgan fingerprint density at radius 3 is 2.61 bits per heavy atom. The van der Waals surface area contributed by atoms with E-state index in [4.69, 9.17) is 4.74 Å². The molecule has 1 aliphatic heterocycles. The Kier molecular flexibility index (Phi) is 5.76. The predicted octanol–water partition coefficient (Wildman–Crippen LogP) is 5.53. The van der Waals surface area contributed by atoms with Gasteiger partial charge in [0, 0.05) is 18.8 Å². The van der Waals surface area contributed by atoms with Crippen molar-refractivity contribution < 1.29 is 14.6 Å². The number of carbonyl (C=O) groups is 1. The molecule has 1 atom stereocenters. The molecule has 1 amide bonds. The van der Waals surface area contributed by atoms with Crippen LogP contribution in [-0.4, -0.2) is 37.6 Å². The number of rotatable bonds is 6. The molecule has 2 aromatic heterocycles. The Balaban J connectivity index is 1.29. The van der Waals surface area contributed by atoms with Crippen LogP contribution in [0.3, 0.4) is 0 Å². The maximum Gasteiger partial charge on any atom is 0.407 e. The Morgan fingerprint density at radius 2 is 1.82 bits per heavy atom. The maximum absolute atomic E-state index is 11.4. The van der Waals surface area contributed by atoms with E-state index in [2.05, 4.69) is 15.0 Å². The zero-order valence-electron chi connectivity index (χ0n) is 18.0. The van der Waals surface area contributed by atoms with Crippen molar-refractivity contribution in [3.63, 3.8) is 0 Å². The number of aromatic amines is 1. The number of benzene rings is 2. The van der Waals surface area contributed by atoms with Gasteiger partial charge in [0.2, 0.25) is 5.88 Å². The zero-order chi connectivity index (χ0) is 22.6. The average Bonchev–Trinajstić information content (AvgIpc) is 3.54. The van der Waals surface area contributed by atoms with E-state index >= 15 is 0 Å². The van der Waals surface area contributed by atoms with Crippen molar-refractivity contribution in [2.45, 2.75) is 25.5 Å². The van der Waals surface area contributed by atoms with Crippen LogP contribution in [0.1, 0.15) is 30.3 Å². The highest BCUT2D eigenvalue weighted by molar-refractivity contribution is 5.69. The quantitative estimate of drug-likeness (QED) is 0.411. The van der Waals surface area contributed by atoms with Crippen molar-refractivity contribution in [2.24, 2.45) is 0 Å². The molecule has 1 aliphatic rings. The summed E-state index contributed by atoms with van der Waals surface area (Å²) >= 11 is 0. The van der Waals surface area contributed by atoms with Crippen molar-refractivity contribution in [1.82, 2.24) is 19.9 Å². The third-order valence-corrected chi connectivity index (χ3v) is 5.90. The minimum atomic E-state index is -0.899. The number of nitrogens with one attached hydrogen (secondary N) is 1. The SMILES string of the molecule is O=C(O)N1CCCC1c1ncc(-c2ccc(-c3ccnc(OCc4ccccc4)c3)cc2)[nH]1. The van der Waals surface area contributed by atoms with E-state index < -0.39 is 6.09 Å². The minimum Gasteiger partial charge on any atom is -0.473 e. The minimum absolute atomic E-state index is 0.207. The van der Waals surface area contributed by atoms with Crippen molar-refractivity contribution >= 4 is 6.09 Å². The van der Waals surface area contributed by atoms with Crippen LogP contribution in [0.5, 0.6) is 5.88 Å². The van der Waals surface area contributed by atoms with Gasteiger partial charge in [-0.2, -0.15) is 0 Å². The van der Waals surface area contributed by atoms with Gasteiger partial charge in [-0.1, -0.05) is 54.6 Å². The highest BCUT2D eigenvalue weighted by atomic mass is 16.5. The standard InChI is InChI=1S/C26H24N4O3/c31-26(32)30-14-4-7-23(30)25-28-16-22(29-25)20-10-8-19(9-11-20)21-12-13-27-24(15-21)33-17-18-5-2-1-3-6-18/h1-3,5-6,8-13,15-16,23H,4,7,14,17H2,(H,28,29)(H,31,32). The average molecular weight is 441 g/mol. The first-order chi connectivity index (χ1) is 16.2. The number of ether oxygens (including phenoxy) is 1. The summed E-state index contributed by atoms with van der Waals surface area (Å²) in [6.07, 6.45) is 4.26. The lowest BCUT2D eigenvalue weighted by Gasteiger charge is -2.19. The first-order valence-electron chi connectivity index (χ1n) is 11.0. The van der Waals surface area contributed by atoms with Gasteiger partial charge in [0.1, 0.15) is 12.4 Å². The molecule has 166 valence electrons. The largest absolute Gasteiger partial charge is 0.473 e. The lowest BCUT2D eigenvalue weighted by atomic mass is 10.0. The molecule has 1 fully saturated rings. The predicted molar refractivity (Wildman–Crippen MR) is 125 cm³/mol. The summed E-state index contributed by atoms with van der Waals surface area (Å²) in [5, 5.41) is 9.39. The molecule has 0 radical (unpaired) electrons. The van der Waals surface area contributed by atoms with Crippen molar-refractivity contribution in [3.8, 4) is 28.3 Å². The summed E-state index contributed by atoms with van der Waals surface area (Å²) in [5.41, 5.74) is 5.03. The highest BCUT2D eigenvalue weighted by Gasteiger charge is 2.31. The maximum atomic E-state index is 11.4. The number of hydrogen-bond donors (Lipinski definition) is 2. The second-order valence-electron chi connectivity index (χ2n) is 8.05. The number of H-pyrrole nitrogens is 1. The molecule has 4 aromatic rings. The fourth-order valence-electron chi connectivity index (χ4n) is 4.17. The van der Waals surface area contributed by atoms with Gasteiger partial charge < -0.3 is 14.8 Å². The van der Waals surface area contributed by atoms with Crippen LogP contribution in [0.2, 0.25) is 0 Å². The van der Waals surface area contributed by atoms with Crippen LogP contribution in [-0.2, 0) is 6.61 Å². The number of hydrogen-bond acceptors (Lipinski definition) is 4. The van der Waals surface area contributed by atoms with Gasteiger partial charge in [-0.05, 0) is 41.2 Å². The fraction of sp³-hybridized carbons (Fsp3) is 0.192. The smallest absolute Gasteiger partial charge is 0.407 e. The Labute approximate surface area is 191 Å². The van der Waals surface area contributed by atoms with Crippen LogP contribution in [0.4, 0.5) is 4.79 Å². The highest BCUT2D eigenvalue weighted by Crippen LogP contribution is 2.32. The third-order valence-electron chi connectivity index (χ3n) is 5.90. The van der Waals surface area contributed by atoms with Gasteiger partial charge in [0.05, 0.1) is 17.9 Å². The molecule has 7 nitrogen and oxygen atoms in total. The first kappa shape index (κ1) is 20.8. The summed E-state index contributed by atoms with van der Waals surface area (Å²) in [6.45, 7) is 1.02. The number of nitrogens with zero attached hydrogens (tertiary/aromatic N) is 3. The zero-order valence-corrected chi connectivity index (χ0v) is 18.0. The lowest BCUT2D eigenvalue weighted by molar-refractivity contribution is 0.139. The molecule has 0 spiro atoms. The first-order valence-corrected chi connectivity index (χ1v) is 11.0. The van der Waals surface area contributed by atoms with Crippen LogP contribution in [0.25, 0.3) is 22.4 Å². The van der Waals surface area contributed by atoms with Crippen molar-refractivity contribution in [1.29, 1.82) is 0 Å². The topological polar surface area (TPSA) is 91.3 Å². The summed E-state index contributed by atoms with van der Waals surface area (Å²) in [7, 11) is 0. The summed E-state index contributed by atoms with van der Waals surface area (Å²) in [6, 6.07) is 21.8. The van der Waals surface area contributed by atoms with Gasteiger partial charge >= 0.3 is 6.09 Å². The van der Waals surface area contributed by atoms with Crippen molar-refractivity contribution in [3.05, 3.63) is 90.5 Å². The summed E-state index contributed by atoms with van der Waals surface area (Å²) < 4.78 is 5.85. The molecule has 0 saturated carbocycles. The number of amides is 1. The van der Waals surface area contributed by atoms with E-state index in [1.807, 2.05) is 66.7 Å². The molecule has 5 rings (SSSR count). The Hall–Kier alpha value is -4.13. The fourth-order valence-corrected chi connectivity index (χ4v) is 4.17. The molecule has 0 aliphatic carbocycles. The van der Waals surface area contributed by atoms with E-state index in [0.717, 1.165) is 40.8 Å².